The van der Waals surface area contributed by atoms with Crippen LogP contribution in [0.2, 0.25) is 0 Å². The van der Waals surface area contributed by atoms with E-state index in [9.17, 15) is 0 Å². The summed E-state index contributed by atoms with van der Waals surface area (Å²) in [6.45, 7) is 10.2. The van der Waals surface area contributed by atoms with E-state index >= 15 is 0 Å². The first-order valence-electron chi connectivity index (χ1n) is 6.51. The lowest BCUT2D eigenvalue weighted by atomic mass is 10.2. The number of hydrogen-bond acceptors (Lipinski definition) is 3. The first kappa shape index (κ1) is 16.5. The van der Waals surface area contributed by atoms with E-state index in [2.05, 4.69) is 60.4 Å². The largest absolute Gasteiger partial charge is 0.313 e. The molecule has 1 unspecified atom stereocenters. The van der Waals surface area contributed by atoms with Gasteiger partial charge < -0.3 is 5.32 Å². The fraction of sp³-hybridized carbons (Fsp3) is 0.714. The van der Waals surface area contributed by atoms with Crippen molar-refractivity contribution in [3.63, 3.8) is 0 Å². The van der Waals surface area contributed by atoms with Crippen LogP contribution in [-0.2, 0) is 6.42 Å². The zero-order valence-corrected chi connectivity index (χ0v) is 15.0. The smallest absolute Gasteiger partial charge is 0.0314 e. The fourth-order valence-electron chi connectivity index (χ4n) is 1.58. The molecule has 0 aliphatic carbocycles. The average molecular weight is 350 g/mol. The van der Waals surface area contributed by atoms with Gasteiger partial charge in [0.2, 0.25) is 0 Å². The predicted molar refractivity (Wildman–Crippen MR) is 90.0 cm³/mol. The molecule has 1 aromatic rings. The molecular formula is C14H24BrNS2. The second-order valence-electron chi connectivity index (χ2n) is 5.47. The van der Waals surface area contributed by atoms with Crippen LogP contribution in [0.15, 0.2) is 15.9 Å². The summed E-state index contributed by atoms with van der Waals surface area (Å²) in [5.41, 5.74) is 0. The van der Waals surface area contributed by atoms with Gasteiger partial charge in [-0.3, -0.25) is 0 Å². The van der Waals surface area contributed by atoms with Crippen LogP contribution in [0, 0.1) is 0 Å². The summed E-state index contributed by atoms with van der Waals surface area (Å²) in [5.74, 6) is 1.17. The van der Waals surface area contributed by atoms with E-state index in [1.807, 2.05) is 23.1 Å². The van der Waals surface area contributed by atoms with Crippen molar-refractivity contribution in [3.05, 3.63) is 20.8 Å². The van der Waals surface area contributed by atoms with E-state index in [1.54, 1.807) is 0 Å². The molecule has 0 fully saturated rings. The third-order valence-corrected chi connectivity index (χ3v) is 5.91. The third-order valence-electron chi connectivity index (χ3n) is 2.52. The van der Waals surface area contributed by atoms with E-state index in [0.717, 1.165) is 13.0 Å². The minimum atomic E-state index is 0.346. The Bertz CT molecular complexity index is 344. The Balaban J connectivity index is 2.52. The Morgan fingerprint density at radius 1 is 1.44 bits per heavy atom. The van der Waals surface area contributed by atoms with Gasteiger partial charge in [-0.15, -0.1) is 11.3 Å². The van der Waals surface area contributed by atoms with Crippen molar-refractivity contribution in [1.82, 2.24) is 5.32 Å². The highest BCUT2D eigenvalue weighted by atomic mass is 79.9. The average Bonchev–Trinajstić information content (AvgIpc) is 2.67. The molecule has 0 aromatic carbocycles. The standard InChI is InChI=1S/C14H24BrNS2/c1-5-7-16-11(10-18-14(2,3)4)9-13-12(15)6-8-17-13/h6,8,11,16H,5,7,9-10H2,1-4H3. The predicted octanol–water partition coefficient (Wildman–Crippen LogP) is 4.95. The van der Waals surface area contributed by atoms with Crippen LogP contribution in [0.3, 0.4) is 0 Å². The monoisotopic (exact) mass is 349 g/mol. The summed E-state index contributed by atoms with van der Waals surface area (Å²) < 4.78 is 1.61. The Morgan fingerprint density at radius 2 is 2.17 bits per heavy atom. The molecule has 0 bridgehead atoms. The van der Waals surface area contributed by atoms with E-state index in [0.29, 0.717) is 10.8 Å². The number of thiophene rings is 1. The number of halogens is 1. The van der Waals surface area contributed by atoms with Gasteiger partial charge >= 0.3 is 0 Å². The highest BCUT2D eigenvalue weighted by molar-refractivity contribution is 9.10. The molecular weight excluding hydrogens is 326 g/mol. The zero-order chi connectivity index (χ0) is 13.6. The molecule has 1 aromatic heterocycles. The van der Waals surface area contributed by atoms with Crippen molar-refractivity contribution >= 4 is 39.0 Å². The van der Waals surface area contributed by atoms with Gasteiger partial charge in [-0.1, -0.05) is 27.7 Å². The molecule has 0 saturated heterocycles. The summed E-state index contributed by atoms with van der Waals surface area (Å²) in [4.78, 5) is 1.46. The topological polar surface area (TPSA) is 12.0 Å². The summed E-state index contributed by atoms with van der Waals surface area (Å²) in [7, 11) is 0. The van der Waals surface area contributed by atoms with Crippen molar-refractivity contribution < 1.29 is 0 Å². The Kier molecular flexibility index (Phi) is 7.29. The van der Waals surface area contributed by atoms with Crippen LogP contribution >= 0.6 is 39.0 Å². The Labute approximate surface area is 128 Å². The molecule has 18 heavy (non-hydrogen) atoms. The van der Waals surface area contributed by atoms with Gasteiger partial charge in [0.1, 0.15) is 0 Å². The first-order chi connectivity index (χ1) is 8.42. The number of nitrogens with one attached hydrogen (secondary N) is 1. The van der Waals surface area contributed by atoms with Gasteiger partial charge in [0.25, 0.3) is 0 Å². The van der Waals surface area contributed by atoms with Gasteiger partial charge in [-0.05, 0) is 46.8 Å². The van der Waals surface area contributed by atoms with Gasteiger partial charge in [0.05, 0.1) is 0 Å². The maximum Gasteiger partial charge on any atom is 0.0314 e. The summed E-state index contributed by atoms with van der Waals surface area (Å²) >= 11 is 7.52. The number of rotatable bonds is 7. The molecule has 4 heteroatoms. The molecule has 0 aliphatic rings. The van der Waals surface area contributed by atoms with Crippen molar-refractivity contribution in [2.24, 2.45) is 0 Å². The Morgan fingerprint density at radius 3 is 2.67 bits per heavy atom. The minimum Gasteiger partial charge on any atom is -0.313 e. The van der Waals surface area contributed by atoms with Gasteiger partial charge in [0, 0.05) is 25.9 Å². The van der Waals surface area contributed by atoms with Crippen LogP contribution in [0.25, 0.3) is 0 Å². The van der Waals surface area contributed by atoms with Crippen molar-refractivity contribution in [1.29, 1.82) is 0 Å². The zero-order valence-electron chi connectivity index (χ0n) is 11.8. The molecule has 1 N–H and O–H groups in total. The van der Waals surface area contributed by atoms with Crippen LogP contribution in [0.1, 0.15) is 39.0 Å². The van der Waals surface area contributed by atoms with E-state index in [4.69, 9.17) is 0 Å². The van der Waals surface area contributed by atoms with E-state index < -0.39 is 0 Å². The van der Waals surface area contributed by atoms with Crippen LogP contribution in [-0.4, -0.2) is 23.1 Å². The number of thioether (sulfide) groups is 1. The molecule has 1 rings (SSSR count). The van der Waals surface area contributed by atoms with Gasteiger partial charge in [0.15, 0.2) is 0 Å². The maximum atomic E-state index is 3.67. The lowest BCUT2D eigenvalue weighted by Gasteiger charge is -2.23. The second-order valence-corrected chi connectivity index (χ2v) is 9.17. The molecule has 0 radical (unpaired) electrons. The van der Waals surface area contributed by atoms with Crippen LogP contribution in [0.4, 0.5) is 0 Å². The lowest BCUT2D eigenvalue weighted by molar-refractivity contribution is 0.551. The van der Waals surface area contributed by atoms with Crippen molar-refractivity contribution in [2.75, 3.05) is 12.3 Å². The van der Waals surface area contributed by atoms with Crippen molar-refractivity contribution in [3.8, 4) is 0 Å². The molecule has 0 aliphatic heterocycles. The molecule has 1 nitrogen and oxygen atoms in total. The summed E-state index contributed by atoms with van der Waals surface area (Å²) in [6, 6.07) is 2.72. The van der Waals surface area contributed by atoms with Gasteiger partial charge in [-0.2, -0.15) is 11.8 Å². The maximum absolute atomic E-state index is 3.67. The third kappa shape index (κ3) is 6.60. The Hall–Kier alpha value is 0.490. The van der Waals surface area contributed by atoms with Crippen LogP contribution in [0.5, 0.6) is 0 Å². The highest BCUT2D eigenvalue weighted by Gasteiger charge is 2.17. The minimum absolute atomic E-state index is 0.346. The molecule has 0 saturated carbocycles. The molecule has 0 amide bonds. The van der Waals surface area contributed by atoms with E-state index in [1.165, 1.54) is 21.5 Å². The highest BCUT2D eigenvalue weighted by Crippen LogP contribution is 2.27. The normalized spacial score (nSPS) is 13.8. The molecule has 1 atom stereocenters. The second kappa shape index (κ2) is 7.93. The summed E-state index contributed by atoms with van der Waals surface area (Å²) in [6.07, 6.45) is 2.32. The van der Waals surface area contributed by atoms with Gasteiger partial charge in [-0.25, -0.2) is 0 Å². The fourth-order valence-corrected chi connectivity index (χ4v) is 4.12. The van der Waals surface area contributed by atoms with Crippen molar-refractivity contribution in [2.45, 2.75) is 51.3 Å². The van der Waals surface area contributed by atoms with Crippen LogP contribution < -0.4 is 5.32 Å². The number of hydrogen-bond donors (Lipinski definition) is 1. The first-order valence-corrected chi connectivity index (χ1v) is 9.17. The van der Waals surface area contributed by atoms with E-state index in [-0.39, 0.29) is 0 Å². The summed E-state index contributed by atoms with van der Waals surface area (Å²) in [5, 5.41) is 5.83. The quantitative estimate of drug-likeness (QED) is 0.746. The molecule has 0 spiro atoms. The SMILES string of the molecule is CCCNC(CSC(C)(C)C)Cc1sccc1Br. The lowest BCUT2D eigenvalue weighted by Crippen LogP contribution is -2.35. The molecule has 104 valence electrons. The molecule has 1 heterocycles.